The minimum absolute atomic E-state index is 0.203. The number of hydrogen-bond donors (Lipinski definition) is 1. The van der Waals surface area contributed by atoms with Crippen LogP contribution in [-0.4, -0.2) is 31.9 Å². The molecule has 0 atom stereocenters. The molecule has 4 nitrogen and oxygen atoms in total. The van der Waals surface area contributed by atoms with Crippen molar-refractivity contribution in [2.45, 2.75) is 19.3 Å². The second-order valence-electron chi connectivity index (χ2n) is 2.56. The summed E-state index contributed by atoms with van der Waals surface area (Å²) in [5.74, 6) is 2.22. The van der Waals surface area contributed by atoms with E-state index in [1.54, 1.807) is 0 Å². The second kappa shape index (κ2) is 6.89. The lowest BCUT2D eigenvalue weighted by atomic mass is 10.3. The minimum Gasteiger partial charge on any atom is -0.380 e. The van der Waals surface area contributed by atoms with Crippen LogP contribution in [0.1, 0.15) is 19.3 Å². The Kier molecular flexibility index (Phi) is 6.59. The molecule has 0 aliphatic rings. The van der Waals surface area contributed by atoms with Crippen LogP contribution in [0.4, 0.5) is 0 Å². The number of rotatable bonds is 7. The lowest BCUT2D eigenvalue weighted by Crippen LogP contribution is -2.05. The summed E-state index contributed by atoms with van der Waals surface area (Å²) in [5.41, 5.74) is 0. The Morgan fingerprint density at radius 3 is 2.54 bits per heavy atom. The van der Waals surface area contributed by atoms with E-state index in [2.05, 4.69) is 5.92 Å². The molecule has 0 amide bonds. The average molecular weight is 206 g/mol. The lowest BCUT2D eigenvalue weighted by Gasteiger charge is -2.00. The van der Waals surface area contributed by atoms with Crippen molar-refractivity contribution in [3.05, 3.63) is 0 Å². The number of terminal acetylenes is 1. The van der Waals surface area contributed by atoms with Crippen molar-refractivity contribution in [2.75, 3.05) is 19.0 Å². The topological polar surface area (TPSA) is 63.6 Å². The van der Waals surface area contributed by atoms with E-state index in [1.807, 2.05) is 0 Å². The van der Waals surface area contributed by atoms with Crippen LogP contribution in [0.2, 0.25) is 0 Å². The highest BCUT2D eigenvalue weighted by molar-refractivity contribution is 7.85. The van der Waals surface area contributed by atoms with Crippen LogP contribution >= 0.6 is 0 Å². The number of unbranched alkanes of at least 4 members (excludes halogenated alkanes) is 1. The molecule has 0 rings (SSSR count). The zero-order valence-corrected chi connectivity index (χ0v) is 8.22. The van der Waals surface area contributed by atoms with E-state index in [0.717, 1.165) is 0 Å². The van der Waals surface area contributed by atoms with Gasteiger partial charge in [-0.3, -0.25) is 4.55 Å². The molecule has 1 N–H and O–H groups in total. The molecule has 0 spiro atoms. The summed E-state index contributed by atoms with van der Waals surface area (Å²) in [6, 6.07) is 0. The summed E-state index contributed by atoms with van der Waals surface area (Å²) in [7, 11) is -3.81. The van der Waals surface area contributed by atoms with Gasteiger partial charge in [0.25, 0.3) is 10.1 Å². The monoisotopic (exact) mass is 206 g/mol. The molecule has 0 unspecified atom stereocenters. The molecule has 13 heavy (non-hydrogen) atoms. The first kappa shape index (κ1) is 12.4. The van der Waals surface area contributed by atoms with Gasteiger partial charge < -0.3 is 4.74 Å². The first-order chi connectivity index (χ1) is 6.06. The van der Waals surface area contributed by atoms with Gasteiger partial charge in [-0.2, -0.15) is 8.42 Å². The third kappa shape index (κ3) is 11.4. The molecule has 0 saturated carbocycles. The van der Waals surface area contributed by atoms with Crippen LogP contribution in [0.25, 0.3) is 0 Å². The van der Waals surface area contributed by atoms with Gasteiger partial charge in [0.05, 0.1) is 12.4 Å². The fraction of sp³-hybridized carbons (Fsp3) is 0.750. The molecule has 0 radical (unpaired) electrons. The van der Waals surface area contributed by atoms with Gasteiger partial charge in [-0.25, -0.2) is 0 Å². The van der Waals surface area contributed by atoms with E-state index < -0.39 is 10.1 Å². The zero-order chi connectivity index (χ0) is 10.2. The van der Waals surface area contributed by atoms with Gasteiger partial charge in [0, 0.05) is 13.0 Å². The minimum atomic E-state index is -3.81. The maximum absolute atomic E-state index is 10.3. The van der Waals surface area contributed by atoms with Crippen LogP contribution in [0.15, 0.2) is 0 Å². The predicted molar refractivity (Wildman–Crippen MR) is 49.9 cm³/mol. The summed E-state index contributed by atoms with van der Waals surface area (Å²) in [5, 5.41) is 0. The number of ether oxygens (including phenoxy) is 1. The van der Waals surface area contributed by atoms with Gasteiger partial charge in [0.1, 0.15) is 0 Å². The molecular formula is C8H14O4S. The quantitative estimate of drug-likeness (QED) is 0.378. The Morgan fingerprint density at radius 2 is 2.00 bits per heavy atom. The third-order valence-electron chi connectivity index (χ3n) is 1.33. The fourth-order valence-electron chi connectivity index (χ4n) is 0.722. The summed E-state index contributed by atoms with van der Waals surface area (Å²) in [6.45, 7) is 0.986. The van der Waals surface area contributed by atoms with E-state index in [9.17, 15) is 8.42 Å². The van der Waals surface area contributed by atoms with Crippen molar-refractivity contribution >= 4 is 10.1 Å². The van der Waals surface area contributed by atoms with Crippen LogP contribution in [-0.2, 0) is 14.9 Å². The molecule has 0 aromatic carbocycles. The molecule has 0 saturated heterocycles. The van der Waals surface area contributed by atoms with E-state index >= 15 is 0 Å². The van der Waals surface area contributed by atoms with Crippen molar-refractivity contribution < 1.29 is 17.7 Å². The van der Waals surface area contributed by atoms with E-state index in [4.69, 9.17) is 15.7 Å². The van der Waals surface area contributed by atoms with Crippen molar-refractivity contribution in [3.63, 3.8) is 0 Å². The Balaban J connectivity index is 3.14. The zero-order valence-electron chi connectivity index (χ0n) is 7.40. The molecule has 0 fully saturated rings. The smallest absolute Gasteiger partial charge is 0.264 e. The number of hydrogen-bond acceptors (Lipinski definition) is 3. The van der Waals surface area contributed by atoms with Gasteiger partial charge in [0.15, 0.2) is 0 Å². The summed E-state index contributed by atoms with van der Waals surface area (Å²) >= 11 is 0. The molecule has 0 aromatic rings. The second-order valence-corrected chi connectivity index (χ2v) is 4.13. The van der Waals surface area contributed by atoms with E-state index in [-0.39, 0.29) is 5.75 Å². The largest absolute Gasteiger partial charge is 0.380 e. The van der Waals surface area contributed by atoms with Gasteiger partial charge in [-0.1, -0.05) is 0 Å². The SMILES string of the molecule is C#CCCOCCCCS(=O)(=O)O. The molecular weight excluding hydrogens is 192 g/mol. The molecule has 0 aliphatic heterocycles. The first-order valence-corrected chi connectivity index (χ1v) is 5.63. The van der Waals surface area contributed by atoms with Gasteiger partial charge >= 0.3 is 0 Å². The normalized spacial score (nSPS) is 11.1. The highest BCUT2D eigenvalue weighted by Crippen LogP contribution is 1.94. The Labute approximate surface area is 79.0 Å². The highest BCUT2D eigenvalue weighted by Gasteiger charge is 2.02. The van der Waals surface area contributed by atoms with Crippen molar-refractivity contribution in [1.82, 2.24) is 0 Å². The average Bonchev–Trinajstić information content (AvgIpc) is 2.01. The predicted octanol–water partition coefficient (Wildman–Crippen LogP) is 0.694. The molecule has 0 aromatic heterocycles. The Hall–Kier alpha value is -0.570. The molecule has 0 bridgehead atoms. The van der Waals surface area contributed by atoms with Gasteiger partial charge in [-0.15, -0.1) is 12.3 Å². The summed E-state index contributed by atoms with van der Waals surface area (Å²) < 4.78 is 33.9. The van der Waals surface area contributed by atoms with E-state index in [1.165, 1.54) is 0 Å². The van der Waals surface area contributed by atoms with E-state index in [0.29, 0.717) is 32.5 Å². The van der Waals surface area contributed by atoms with Gasteiger partial charge in [-0.05, 0) is 12.8 Å². The maximum atomic E-state index is 10.3. The van der Waals surface area contributed by atoms with Gasteiger partial charge in [0.2, 0.25) is 0 Å². The van der Waals surface area contributed by atoms with Crippen LogP contribution < -0.4 is 0 Å². The molecule has 0 heterocycles. The maximum Gasteiger partial charge on any atom is 0.264 e. The summed E-state index contributed by atoms with van der Waals surface area (Å²) in [4.78, 5) is 0. The van der Waals surface area contributed by atoms with Crippen LogP contribution in [0.5, 0.6) is 0 Å². The molecule has 5 heteroatoms. The lowest BCUT2D eigenvalue weighted by molar-refractivity contribution is 0.137. The standard InChI is InChI=1S/C8H14O4S/c1-2-3-6-12-7-4-5-8-13(9,10)11/h1H,3-8H2,(H,9,10,11). The summed E-state index contributed by atoms with van der Waals surface area (Å²) in [6.07, 6.45) is 6.58. The van der Waals surface area contributed by atoms with Crippen molar-refractivity contribution in [3.8, 4) is 12.3 Å². The third-order valence-corrected chi connectivity index (χ3v) is 2.14. The molecule has 76 valence electrons. The fourth-order valence-corrected chi connectivity index (χ4v) is 1.29. The highest BCUT2D eigenvalue weighted by atomic mass is 32.2. The first-order valence-electron chi connectivity index (χ1n) is 4.02. The van der Waals surface area contributed by atoms with Crippen molar-refractivity contribution in [1.29, 1.82) is 0 Å². The molecule has 0 aliphatic carbocycles. The van der Waals surface area contributed by atoms with Crippen molar-refractivity contribution in [2.24, 2.45) is 0 Å². The van der Waals surface area contributed by atoms with Crippen LogP contribution in [0, 0.1) is 12.3 Å². The Bertz CT molecular complexity index is 250. The van der Waals surface area contributed by atoms with Crippen LogP contribution in [0.3, 0.4) is 0 Å². The Morgan fingerprint density at radius 1 is 1.31 bits per heavy atom.